The van der Waals surface area contributed by atoms with Gasteiger partial charge in [0.15, 0.2) is 18.2 Å². The van der Waals surface area contributed by atoms with E-state index in [1.165, 1.54) is 17.2 Å². The minimum absolute atomic E-state index is 0.0100. The lowest BCUT2D eigenvalue weighted by molar-refractivity contribution is -0.137. The molecule has 1 amide bonds. The van der Waals surface area contributed by atoms with Gasteiger partial charge < -0.3 is 4.74 Å². The Morgan fingerprint density at radius 1 is 1.23 bits per heavy atom. The lowest BCUT2D eigenvalue weighted by Crippen LogP contribution is -2.38. The van der Waals surface area contributed by atoms with Gasteiger partial charge in [-0.3, -0.25) is 9.69 Å². The van der Waals surface area contributed by atoms with Crippen LogP contribution in [0.15, 0.2) is 42.6 Å². The molecule has 0 fully saturated rings. The number of ether oxygens (including phenoxy) is 1. The normalized spacial score (nSPS) is 14.5. The zero-order valence-corrected chi connectivity index (χ0v) is 11.3. The summed E-state index contributed by atoms with van der Waals surface area (Å²) in [6.07, 6.45) is -2.92. The summed E-state index contributed by atoms with van der Waals surface area (Å²) in [5.41, 5.74) is -0.367. The van der Waals surface area contributed by atoms with Crippen molar-refractivity contribution >= 4 is 11.7 Å². The third-order valence-corrected chi connectivity index (χ3v) is 3.25. The maximum atomic E-state index is 12.7. The number of alkyl halides is 3. The van der Waals surface area contributed by atoms with Gasteiger partial charge in [0.2, 0.25) is 0 Å². The van der Waals surface area contributed by atoms with Crippen molar-refractivity contribution in [2.24, 2.45) is 0 Å². The van der Waals surface area contributed by atoms with Crippen LogP contribution in [0.1, 0.15) is 11.1 Å². The Morgan fingerprint density at radius 2 is 2.05 bits per heavy atom. The van der Waals surface area contributed by atoms with E-state index in [4.69, 9.17) is 4.74 Å². The molecule has 0 spiro atoms. The molecule has 4 nitrogen and oxygen atoms in total. The first kappa shape index (κ1) is 14.4. The third-order valence-electron chi connectivity index (χ3n) is 3.25. The number of fused-ring (bicyclic) bond motifs is 1. The fourth-order valence-electron chi connectivity index (χ4n) is 2.22. The van der Waals surface area contributed by atoms with Gasteiger partial charge >= 0.3 is 6.18 Å². The molecule has 1 aliphatic rings. The Labute approximate surface area is 124 Å². The predicted octanol–water partition coefficient (Wildman–Crippen LogP) is 3.03. The van der Waals surface area contributed by atoms with E-state index in [-0.39, 0.29) is 19.1 Å². The maximum absolute atomic E-state index is 12.7. The molecular weight excluding hydrogens is 297 g/mol. The molecular formula is C15H11F3N2O2. The first-order chi connectivity index (χ1) is 10.4. The number of carbonyl (C=O) groups is 1. The van der Waals surface area contributed by atoms with Crippen molar-refractivity contribution in [2.75, 3.05) is 11.5 Å². The van der Waals surface area contributed by atoms with E-state index in [0.717, 1.165) is 12.1 Å². The van der Waals surface area contributed by atoms with Crippen LogP contribution in [-0.4, -0.2) is 17.5 Å². The highest BCUT2D eigenvalue weighted by Gasteiger charge is 2.31. The highest BCUT2D eigenvalue weighted by molar-refractivity contribution is 5.96. The van der Waals surface area contributed by atoms with Crippen molar-refractivity contribution < 1.29 is 22.7 Å². The van der Waals surface area contributed by atoms with Crippen LogP contribution >= 0.6 is 0 Å². The van der Waals surface area contributed by atoms with Crippen molar-refractivity contribution in [1.29, 1.82) is 0 Å². The zero-order chi connectivity index (χ0) is 15.7. The van der Waals surface area contributed by atoms with Crippen LogP contribution in [0.3, 0.4) is 0 Å². The van der Waals surface area contributed by atoms with Gasteiger partial charge in [-0.05, 0) is 29.8 Å². The van der Waals surface area contributed by atoms with Crippen molar-refractivity contribution in [1.82, 2.24) is 4.98 Å². The average molecular weight is 308 g/mol. The number of hydrogen-bond donors (Lipinski definition) is 0. The fourth-order valence-corrected chi connectivity index (χ4v) is 2.22. The first-order valence-corrected chi connectivity index (χ1v) is 6.49. The zero-order valence-electron chi connectivity index (χ0n) is 11.3. The van der Waals surface area contributed by atoms with Crippen LogP contribution in [0.25, 0.3) is 0 Å². The largest absolute Gasteiger partial charge is 0.480 e. The molecule has 7 heteroatoms. The molecule has 2 aromatic rings. The highest BCUT2D eigenvalue weighted by atomic mass is 19.4. The molecule has 0 unspecified atom stereocenters. The molecule has 2 heterocycles. The number of pyridine rings is 1. The summed E-state index contributed by atoms with van der Waals surface area (Å²) in [6, 6.07) is 8.22. The number of amides is 1. The number of nitrogens with zero attached hydrogens (tertiary/aromatic N) is 2. The second-order valence-electron chi connectivity index (χ2n) is 4.79. The fraction of sp³-hybridized carbons (Fsp3) is 0.200. The molecule has 0 bridgehead atoms. The van der Waals surface area contributed by atoms with E-state index >= 15 is 0 Å². The molecule has 1 aliphatic heterocycles. The minimum atomic E-state index is -4.42. The number of anilines is 1. The average Bonchev–Trinajstić information content (AvgIpc) is 2.50. The minimum Gasteiger partial charge on any atom is -0.480 e. The summed E-state index contributed by atoms with van der Waals surface area (Å²) < 4.78 is 43.5. The van der Waals surface area contributed by atoms with Gasteiger partial charge in [-0.25, -0.2) is 4.98 Å². The molecule has 1 aromatic heterocycles. The molecule has 3 rings (SSSR count). The summed E-state index contributed by atoms with van der Waals surface area (Å²) in [6.45, 7) is -0.145. The van der Waals surface area contributed by atoms with Gasteiger partial charge in [0.1, 0.15) is 0 Å². The first-order valence-electron chi connectivity index (χ1n) is 6.49. The van der Waals surface area contributed by atoms with Crippen molar-refractivity contribution in [3.8, 4) is 5.75 Å². The van der Waals surface area contributed by atoms with Gasteiger partial charge in [-0.2, -0.15) is 13.2 Å². The second kappa shape index (κ2) is 5.32. The van der Waals surface area contributed by atoms with Crippen LogP contribution in [0.5, 0.6) is 5.75 Å². The monoisotopic (exact) mass is 308 g/mol. The number of halogens is 3. The van der Waals surface area contributed by atoms with Crippen molar-refractivity contribution in [2.45, 2.75) is 12.7 Å². The van der Waals surface area contributed by atoms with Gasteiger partial charge in [-0.1, -0.05) is 12.1 Å². The summed E-state index contributed by atoms with van der Waals surface area (Å²) in [5, 5.41) is 0. The van der Waals surface area contributed by atoms with Crippen LogP contribution < -0.4 is 9.64 Å². The molecule has 0 aliphatic carbocycles. The van der Waals surface area contributed by atoms with Gasteiger partial charge in [0, 0.05) is 6.20 Å². The lowest BCUT2D eigenvalue weighted by Gasteiger charge is -2.28. The standard InChI is InChI=1S/C15H11F3N2O2/c16-15(17,18)11-4-1-3-10(7-11)8-20-13(21)9-22-12-5-2-6-19-14(12)20/h1-7H,8-9H2. The maximum Gasteiger partial charge on any atom is 0.416 e. The summed E-state index contributed by atoms with van der Waals surface area (Å²) in [7, 11) is 0. The third kappa shape index (κ3) is 2.74. The quantitative estimate of drug-likeness (QED) is 0.856. The second-order valence-corrected chi connectivity index (χ2v) is 4.79. The van der Waals surface area contributed by atoms with E-state index in [2.05, 4.69) is 4.98 Å². The molecule has 0 saturated heterocycles. The van der Waals surface area contributed by atoms with E-state index < -0.39 is 11.7 Å². The molecule has 0 atom stereocenters. The number of rotatable bonds is 2. The summed E-state index contributed by atoms with van der Waals surface area (Å²) in [4.78, 5) is 17.4. The van der Waals surface area contributed by atoms with Crippen LogP contribution in [0.2, 0.25) is 0 Å². The molecule has 22 heavy (non-hydrogen) atoms. The van der Waals surface area contributed by atoms with Crippen molar-refractivity contribution in [3.05, 3.63) is 53.7 Å². The summed E-state index contributed by atoms with van der Waals surface area (Å²) in [5.74, 6) is 0.411. The van der Waals surface area contributed by atoms with E-state index in [9.17, 15) is 18.0 Å². The Hall–Kier alpha value is -2.57. The van der Waals surface area contributed by atoms with Crippen LogP contribution in [0, 0.1) is 0 Å². The lowest BCUT2D eigenvalue weighted by atomic mass is 10.1. The molecule has 0 saturated carbocycles. The van der Waals surface area contributed by atoms with E-state index in [1.807, 2.05) is 0 Å². The summed E-state index contributed by atoms with van der Waals surface area (Å²) >= 11 is 0. The highest BCUT2D eigenvalue weighted by Crippen LogP contribution is 2.32. The number of hydrogen-bond acceptors (Lipinski definition) is 3. The Kier molecular flexibility index (Phi) is 3.48. The SMILES string of the molecule is O=C1COc2cccnc2N1Cc1cccc(C(F)(F)F)c1. The number of carbonyl (C=O) groups excluding carboxylic acids is 1. The van der Waals surface area contributed by atoms with Gasteiger partial charge in [0.05, 0.1) is 12.1 Å². The molecule has 0 radical (unpaired) electrons. The Balaban J connectivity index is 1.92. The predicted molar refractivity (Wildman–Crippen MR) is 72.4 cm³/mol. The van der Waals surface area contributed by atoms with Crippen LogP contribution in [-0.2, 0) is 17.5 Å². The van der Waals surface area contributed by atoms with Gasteiger partial charge in [0.25, 0.3) is 5.91 Å². The topological polar surface area (TPSA) is 42.4 Å². The van der Waals surface area contributed by atoms with Crippen LogP contribution in [0.4, 0.5) is 19.0 Å². The Morgan fingerprint density at radius 3 is 2.82 bits per heavy atom. The van der Waals surface area contributed by atoms with Crippen molar-refractivity contribution in [3.63, 3.8) is 0 Å². The molecule has 1 aromatic carbocycles. The molecule has 114 valence electrons. The van der Waals surface area contributed by atoms with Gasteiger partial charge in [-0.15, -0.1) is 0 Å². The molecule has 0 N–H and O–H groups in total. The van der Waals surface area contributed by atoms with E-state index in [1.54, 1.807) is 18.2 Å². The Bertz CT molecular complexity index is 716. The number of benzene rings is 1. The smallest absolute Gasteiger partial charge is 0.416 e. The number of aromatic nitrogens is 1. The van der Waals surface area contributed by atoms with E-state index in [0.29, 0.717) is 17.1 Å².